The van der Waals surface area contributed by atoms with Crippen molar-refractivity contribution in [2.45, 2.75) is 6.54 Å². The van der Waals surface area contributed by atoms with E-state index in [4.69, 9.17) is 5.73 Å². The summed E-state index contributed by atoms with van der Waals surface area (Å²) in [6.07, 6.45) is 0. The van der Waals surface area contributed by atoms with E-state index in [1.54, 1.807) is 6.07 Å². The number of carbonyl (C=O) groups is 1. The Labute approximate surface area is 181 Å². The molecule has 1 aliphatic heterocycles. The molecule has 3 aromatic carbocycles. The van der Waals surface area contributed by atoms with Gasteiger partial charge in [-0.2, -0.15) is 5.26 Å². The van der Waals surface area contributed by atoms with E-state index in [9.17, 15) is 15.2 Å². The molecule has 1 heterocycles. The third kappa shape index (κ3) is 4.52. The van der Waals surface area contributed by atoms with Gasteiger partial charge in [-0.3, -0.25) is 9.69 Å². The summed E-state index contributed by atoms with van der Waals surface area (Å²) in [5.74, 6) is -0.340. The van der Waals surface area contributed by atoms with Crippen LogP contribution in [0.25, 0.3) is 11.1 Å². The lowest BCUT2D eigenvalue weighted by Crippen LogP contribution is -2.46. The minimum absolute atomic E-state index is 0.159. The summed E-state index contributed by atoms with van der Waals surface area (Å²) >= 11 is 0. The Morgan fingerprint density at radius 2 is 1.71 bits per heavy atom. The number of phenols is 1. The number of primary amides is 1. The number of phenolic OH excluding ortho intramolecular Hbond substituents is 1. The molecule has 1 saturated heterocycles. The number of nitrogens with two attached hydrogens (primary N) is 1. The van der Waals surface area contributed by atoms with Crippen molar-refractivity contribution in [1.82, 2.24) is 4.90 Å². The summed E-state index contributed by atoms with van der Waals surface area (Å²) in [5, 5.41) is 19.5. The molecule has 31 heavy (non-hydrogen) atoms. The molecule has 0 aliphatic carbocycles. The van der Waals surface area contributed by atoms with Crippen molar-refractivity contribution < 1.29 is 9.90 Å². The first kappa shape index (κ1) is 20.5. The highest BCUT2D eigenvalue weighted by Gasteiger charge is 2.20. The summed E-state index contributed by atoms with van der Waals surface area (Å²) in [6, 6.07) is 22.9. The fourth-order valence-electron chi connectivity index (χ4n) is 3.96. The van der Waals surface area contributed by atoms with Crippen LogP contribution >= 0.6 is 0 Å². The van der Waals surface area contributed by atoms with E-state index in [-0.39, 0.29) is 5.75 Å². The van der Waals surface area contributed by atoms with Crippen molar-refractivity contribution >= 4 is 11.6 Å². The number of hydrogen-bond donors (Lipinski definition) is 2. The Morgan fingerprint density at radius 1 is 1.00 bits per heavy atom. The van der Waals surface area contributed by atoms with Gasteiger partial charge in [0.1, 0.15) is 5.75 Å². The average molecular weight is 412 g/mol. The van der Waals surface area contributed by atoms with E-state index in [0.29, 0.717) is 16.8 Å². The Bertz CT molecular complexity index is 1130. The fourth-order valence-corrected chi connectivity index (χ4v) is 3.96. The number of carbonyl (C=O) groups excluding carboxylic acids is 1. The molecule has 3 aromatic rings. The minimum atomic E-state index is -0.499. The number of hydrogen-bond acceptors (Lipinski definition) is 5. The van der Waals surface area contributed by atoms with Gasteiger partial charge in [-0.25, -0.2) is 0 Å². The summed E-state index contributed by atoms with van der Waals surface area (Å²) in [7, 11) is 0. The van der Waals surface area contributed by atoms with Crippen LogP contribution in [0.4, 0.5) is 5.69 Å². The molecule has 0 bridgehead atoms. The van der Waals surface area contributed by atoms with Crippen LogP contribution in [-0.4, -0.2) is 42.1 Å². The number of piperazine rings is 1. The topological polar surface area (TPSA) is 93.6 Å². The molecule has 0 aromatic heterocycles. The molecule has 4 rings (SSSR count). The van der Waals surface area contributed by atoms with E-state index < -0.39 is 5.91 Å². The van der Waals surface area contributed by atoms with Crippen LogP contribution in [0, 0.1) is 11.3 Å². The first-order valence-electron chi connectivity index (χ1n) is 10.2. The molecule has 1 amide bonds. The number of benzene rings is 3. The molecule has 156 valence electrons. The van der Waals surface area contributed by atoms with Crippen molar-refractivity contribution in [2.24, 2.45) is 5.73 Å². The van der Waals surface area contributed by atoms with Crippen molar-refractivity contribution in [3.05, 3.63) is 83.4 Å². The van der Waals surface area contributed by atoms with E-state index in [1.165, 1.54) is 17.7 Å². The van der Waals surface area contributed by atoms with Crippen LogP contribution in [0.15, 0.2) is 66.7 Å². The van der Waals surface area contributed by atoms with Crippen molar-refractivity contribution in [3.8, 4) is 22.9 Å². The molecule has 0 unspecified atom stereocenters. The Kier molecular flexibility index (Phi) is 5.87. The van der Waals surface area contributed by atoms with Crippen LogP contribution in [0.2, 0.25) is 0 Å². The van der Waals surface area contributed by atoms with Crippen LogP contribution < -0.4 is 10.6 Å². The number of amides is 1. The molecule has 6 heteroatoms. The second kappa shape index (κ2) is 8.90. The molecule has 0 atom stereocenters. The van der Waals surface area contributed by atoms with Gasteiger partial charge in [-0.1, -0.05) is 42.5 Å². The summed E-state index contributed by atoms with van der Waals surface area (Å²) in [5.41, 5.74) is 10.3. The Balaban J connectivity index is 1.39. The quantitative estimate of drug-likeness (QED) is 0.670. The second-order valence-electron chi connectivity index (χ2n) is 7.69. The molecule has 1 fully saturated rings. The maximum atomic E-state index is 11.5. The lowest BCUT2D eigenvalue weighted by Gasteiger charge is -2.36. The zero-order valence-corrected chi connectivity index (χ0v) is 17.2. The van der Waals surface area contributed by atoms with Crippen molar-refractivity contribution in [3.63, 3.8) is 0 Å². The van der Waals surface area contributed by atoms with Crippen LogP contribution in [-0.2, 0) is 6.54 Å². The van der Waals surface area contributed by atoms with Crippen LogP contribution in [0.1, 0.15) is 21.5 Å². The van der Waals surface area contributed by atoms with E-state index in [2.05, 4.69) is 40.1 Å². The summed E-state index contributed by atoms with van der Waals surface area (Å²) in [4.78, 5) is 15.9. The van der Waals surface area contributed by atoms with Gasteiger partial charge in [0, 0.05) is 38.3 Å². The number of nitrogens with zero attached hydrogens (tertiary/aromatic N) is 3. The van der Waals surface area contributed by atoms with Gasteiger partial charge < -0.3 is 15.7 Å². The molecule has 6 nitrogen and oxygen atoms in total. The maximum absolute atomic E-state index is 11.5. The number of rotatable bonds is 5. The second-order valence-corrected chi connectivity index (χ2v) is 7.69. The standard InChI is InChI=1S/C25H24N4O2/c26-16-21-3-1-2-4-22(21)19-7-5-18(6-8-19)17-28-11-13-29(14-12-28)23-15-20(25(27)31)9-10-24(23)30/h1-10,15,30H,11-14,17H2,(H2,27,31). The van der Waals surface area contributed by atoms with Gasteiger partial charge in [-0.15, -0.1) is 0 Å². The van der Waals surface area contributed by atoms with E-state index in [1.807, 2.05) is 24.3 Å². The minimum Gasteiger partial charge on any atom is -0.506 e. The number of aromatic hydroxyl groups is 1. The van der Waals surface area contributed by atoms with Crippen molar-refractivity contribution in [1.29, 1.82) is 5.26 Å². The normalized spacial score (nSPS) is 14.2. The van der Waals surface area contributed by atoms with E-state index in [0.717, 1.165) is 43.9 Å². The third-order valence-corrected chi connectivity index (χ3v) is 5.69. The highest BCUT2D eigenvalue weighted by atomic mass is 16.3. The van der Waals surface area contributed by atoms with Gasteiger partial charge in [0.2, 0.25) is 5.91 Å². The molecular formula is C25H24N4O2. The predicted octanol–water partition coefficient (Wildman–Crippen LogP) is 3.35. The molecule has 1 aliphatic rings. The average Bonchev–Trinajstić information content (AvgIpc) is 2.80. The Hall–Kier alpha value is -3.82. The van der Waals surface area contributed by atoms with Gasteiger partial charge in [-0.05, 0) is 41.0 Å². The fraction of sp³-hybridized carbons (Fsp3) is 0.200. The van der Waals surface area contributed by atoms with Gasteiger partial charge in [0.05, 0.1) is 17.3 Å². The Morgan fingerprint density at radius 3 is 2.39 bits per heavy atom. The van der Waals surface area contributed by atoms with Gasteiger partial charge in [0.25, 0.3) is 0 Å². The van der Waals surface area contributed by atoms with Gasteiger partial charge in [0.15, 0.2) is 0 Å². The SMILES string of the molecule is N#Cc1ccccc1-c1ccc(CN2CCN(c3cc(C(N)=O)ccc3O)CC2)cc1. The highest BCUT2D eigenvalue weighted by molar-refractivity contribution is 5.94. The zero-order chi connectivity index (χ0) is 21.8. The first-order valence-corrected chi connectivity index (χ1v) is 10.2. The number of nitriles is 1. The predicted molar refractivity (Wildman–Crippen MR) is 121 cm³/mol. The van der Waals surface area contributed by atoms with Crippen LogP contribution in [0.5, 0.6) is 5.75 Å². The highest BCUT2D eigenvalue weighted by Crippen LogP contribution is 2.29. The van der Waals surface area contributed by atoms with Gasteiger partial charge >= 0.3 is 0 Å². The summed E-state index contributed by atoms with van der Waals surface area (Å²) in [6.45, 7) is 4.03. The molecular weight excluding hydrogens is 388 g/mol. The lowest BCUT2D eigenvalue weighted by atomic mass is 9.99. The van der Waals surface area contributed by atoms with Crippen molar-refractivity contribution in [2.75, 3.05) is 31.1 Å². The third-order valence-electron chi connectivity index (χ3n) is 5.69. The number of anilines is 1. The molecule has 0 spiro atoms. The lowest BCUT2D eigenvalue weighted by molar-refractivity contribution is 0.100. The summed E-state index contributed by atoms with van der Waals surface area (Å²) < 4.78 is 0. The molecule has 0 radical (unpaired) electrons. The van der Waals surface area contributed by atoms with E-state index >= 15 is 0 Å². The first-order chi connectivity index (χ1) is 15.0. The van der Waals surface area contributed by atoms with Crippen LogP contribution in [0.3, 0.4) is 0 Å². The smallest absolute Gasteiger partial charge is 0.248 e. The monoisotopic (exact) mass is 412 g/mol. The largest absolute Gasteiger partial charge is 0.506 e. The molecule has 0 saturated carbocycles. The maximum Gasteiger partial charge on any atom is 0.248 e. The zero-order valence-electron chi connectivity index (χ0n) is 17.2. The molecule has 3 N–H and O–H groups in total.